The summed E-state index contributed by atoms with van der Waals surface area (Å²) in [6.45, 7) is 4.66. The van der Waals surface area contributed by atoms with E-state index in [-0.39, 0.29) is 23.6 Å². The maximum atomic E-state index is 13.9. The van der Waals surface area contributed by atoms with Crippen molar-refractivity contribution in [3.63, 3.8) is 0 Å². The number of halogens is 1. The molecule has 7 heteroatoms. The molecule has 2 aromatic heterocycles. The third-order valence-corrected chi connectivity index (χ3v) is 4.84. The highest BCUT2D eigenvalue weighted by atomic mass is 19.1. The van der Waals surface area contributed by atoms with Crippen LogP contribution in [0.2, 0.25) is 0 Å². The molecule has 1 atom stereocenters. The van der Waals surface area contributed by atoms with Crippen molar-refractivity contribution in [2.75, 3.05) is 6.54 Å². The molecule has 4 rings (SSSR count). The third kappa shape index (κ3) is 3.25. The number of likely N-dealkylation sites (tertiary alicyclic amines) is 1. The number of amides is 1. The maximum Gasteiger partial charge on any atom is 0.293 e. The fraction of sp³-hybridized carbons (Fsp3) is 0.350. The monoisotopic (exact) mass is 369 g/mol. The minimum Gasteiger partial charge on any atom is -0.361 e. The Morgan fingerprint density at radius 2 is 2.04 bits per heavy atom. The van der Waals surface area contributed by atoms with E-state index in [2.05, 4.69) is 10.3 Å². The van der Waals surface area contributed by atoms with E-state index in [0.717, 1.165) is 24.3 Å². The van der Waals surface area contributed by atoms with Crippen LogP contribution in [0.15, 0.2) is 45.4 Å². The molecule has 1 aliphatic rings. The second-order valence-corrected chi connectivity index (χ2v) is 7.02. The highest BCUT2D eigenvalue weighted by molar-refractivity contribution is 5.93. The van der Waals surface area contributed by atoms with Gasteiger partial charge < -0.3 is 13.9 Å². The normalized spacial score (nSPS) is 17.0. The van der Waals surface area contributed by atoms with E-state index in [1.54, 1.807) is 23.1 Å². The number of aromatic nitrogens is 2. The molecule has 140 valence electrons. The van der Waals surface area contributed by atoms with Crippen LogP contribution >= 0.6 is 0 Å². The third-order valence-electron chi connectivity index (χ3n) is 4.84. The molecule has 0 unspecified atom stereocenters. The summed E-state index contributed by atoms with van der Waals surface area (Å²) in [6, 6.07) is 9.49. The van der Waals surface area contributed by atoms with Gasteiger partial charge in [-0.05, 0) is 25.0 Å². The van der Waals surface area contributed by atoms with Crippen LogP contribution in [0.5, 0.6) is 0 Å². The van der Waals surface area contributed by atoms with Crippen LogP contribution < -0.4 is 0 Å². The van der Waals surface area contributed by atoms with Crippen LogP contribution in [0.3, 0.4) is 0 Å². The maximum absolute atomic E-state index is 13.9. The standard InChI is InChI=1S/C20H20FN3O3/c1-12(2)18-11-16(23-26-18)17-8-5-9-24(17)20(25)19-10-15(22-27-19)13-6-3-4-7-14(13)21/h3-4,6-7,10-12,17H,5,8-9H2,1-2H3/t17-/m0/s1. The summed E-state index contributed by atoms with van der Waals surface area (Å²) >= 11 is 0. The molecule has 1 amide bonds. The van der Waals surface area contributed by atoms with Gasteiger partial charge in [0.05, 0.1) is 6.04 Å². The largest absolute Gasteiger partial charge is 0.361 e. The Hall–Kier alpha value is -2.96. The first kappa shape index (κ1) is 17.5. The van der Waals surface area contributed by atoms with Crippen LogP contribution in [-0.4, -0.2) is 27.7 Å². The lowest BCUT2D eigenvalue weighted by molar-refractivity contribution is 0.0688. The summed E-state index contributed by atoms with van der Waals surface area (Å²) in [7, 11) is 0. The predicted octanol–water partition coefficient (Wildman–Crippen LogP) is 4.57. The van der Waals surface area contributed by atoms with Gasteiger partial charge in [-0.15, -0.1) is 0 Å². The second-order valence-electron chi connectivity index (χ2n) is 7.02. The average molecular weight is 369 g/mol. The van der Waals surface area contributed by atoms with Crippen molar-refractivity contribution in [1.29, 1.82) is 0 Å². The van der Waals surface area contributed by atoms with Gasteiger partial charge in [-0.25, -0.2) is 4.39 Å². The van der Waals surface area contributed by atoms with Crippen molar-refractivity contribution in [3.8, 4) is 11.3 Å². The van der Waals surface area contributed by atoms with E-state index in [4.69, 9.17) is 9.05 Å². The molecule has 1 saturated heterocycles. The molecule has 0 spiro atoms. The quantitative estimate of drug-likeness (QED) is 0.674. The molecule has 0 radical (unpaired) electrons. The Kier molecular flexibility index (Phi) is 4.51. The van der Waals surface area contributed by atoms with Crippen molar-refractivity contribution in [2.24, 2.45) is 0 Å². The molecule has 3 aromatic rings. The summed E-state index contributed by atoms with van der Waals surface area (Å²) in [5, 5.41) is 8.01. The van der Waals surface area contributed by atoms with Gasteiger partial charge in [0.25, 0.3) is 5.91 Å². The highest BCUT2D eigenvalue weighted by Crippen LogP contribution is 2.34. The summed E-state index contributed by atoms with van der Waals surface area (Å²) in [5.41, 5.74) is 1.35. The fourth-order valence-electron chi connectivity index (χ4n) is 3.36. The van der Waals surface area contributed by atoms with Crippen LogP contribution in [0, 0.1) is 5.82 Å². The average Bonchev–Trinajstić information content (AvgIpc) is 3.40. The Morgan fingerprint density at radius 1 is 1.22 bits per heavy atom. The van der Waals surface area contributed by atoms with Crippen molar-refractivity contribution >= 4 is 5.91 Å². The highest BCUT2D eigenvalue weighted by Gasteiger charge is 2.34. The van der Waals surface area contributed by atoms with E-state index in [9.17, 15) is 9.18 Å². The molecule has 1 aliphatic heterocycles. The van der Waals surface area contributed by atoms with Gasteiger partial charge in [0.1, 0.15) is 23.0 Å². The van der Waals surface area contributed by atoms with Crippen LogP contribution in [0.25, 0.3) is 11.3 Å². The lowest BCUT2D eigenvalue weighted by atomic mass is 10.1. The Labute approximate surface area is 155 Å². The summed E-state index contributed by atoms with van der Waals surface area (Å²) in [5.74, 6) is 0.433. The minimum absolute atomic E-state index is 0.0905. The van der Waals surface area contributed by atoms with E-state index in [1.165, 1.54) is 12.1 Å². The lowest BCUT2D eigenvalue weighted by Gasteiger charge is -2.21. The second kappa shape index (κ2) is 6.98. The number of nitrogens with zero attached hydrogens (tertiary/aromatic N) is 3. The predicted molar refractivity (Wildman–Crippen MR) is 95.5 cm³/mol. The molecule has 0 bridgehead atoms. The number of benzene rings is 1. The Morgan fingerprint density at radius 3 is 2.78 bits per heavy atom. The zero-order chi connectivity index (χ0) is 19.0. The first-order chi connectivity index (χ1) is 13.0. The molecule has 0 N–H and O–H groups in total. The number of hydrogen-bond donors (Lipinski definition) is 0. The van der Waals surface area contributed by atoms with E-state index in [0.29, 0.717) is 17.8 Å². The minimum atomic E-state index is -0.410. The number of hydrogen-bond acceptors (Lipinski definition) is 5. The summed E-state index contributed by atoms with van der Waals surface area (Å²) in [6.07, 6.45) is 1.68. The van der Waals surface area contributed by atoms with Gasteiger partial charge in [-0.1, -0.05) is 36.3 Å². The van der Waals surface area contributed by atoms with Gasteiger partial charge in [-0.2, -0.15) is 0 Å². The molecule has 0 saturated carbocycles. The summed E-state index contributed by atoms with van der Waals surface area (Å²) in [4.78, 5) is 14.7. The molecule has 1 fully saturated rings. The van der Waals surface area contributed by atoms with Gasteiger partial charge in [0.2, 0.25) is 5.76 Å². The van der Waals surface area contributed by atoms with Gasteiger partial charge in [0.15, 0.2) is 0 Å². The molecule has 1 aromatic carbocycles. The van der Waals surface area contributed by atoms with Crippen LogP contribution in [0.1, 0.15) is 60.7 Å². The number of rotatable bonds is 4. The molecule has 27 heavy (non-hydrogen) atoms. The zero-order valence-corrected chi connectivity index (χ0v) is 15.2. The smallest absolute Gasteiger partial charge is 0.293 e. The Bertz CT molecular complexity index is 963. The first-order valence-electron chi connectivity index (χ1n) is 9.03. The van der Waals surface area contributed by atoms with Gasteiger partial charge in [-0.3, -0.25) is 4.79 Å². The molecular weight excluding hydrogens is 349 g/mol. The topological polar surface area (TPSA) is 72.4 Å². The lowest BCUT2D eigenvalue weighted by Crippen LogP contribution is -2.30. The van der Waals surface area contributed by atoms with Gasteiger partial charge >= 0.3 is 0 Å². The van der Waals surface area contributed by atoms with E-state index in [1.807, 2.05) is 19.9 Å². The van der Waals surface area contributed by atoms with Crippen LogP contribution in [0.4, 0.5) is 4.39 Å². The van der Waals surface area contributed by atoms with Crippen LogP contribution in [-0.2, 0) is 0 Å². The first-order valence-corrected chi connectivity index (χ1v) is 9.03. The molecule has 6 nitrogen and oxygen atoms in total. The number of carbonyl (C=O) groups excluding carboxylic acids is 1. The van der Waals surface area contributed by atoms with Crippen molar-refractivity contribution in [2.45, 2.75) is 38.6 Å². The van der Waals surface area contributed by atoms with Gasteiger partial charge in [0, 0.05) is 30.2 Å². The van der Waals surface area contributed by atoms with E-state index >= 15 is 0 Å². The van der Waals surface area contributed by atoms with Crippen molar-refractivity contribution in [3.05, 3.63) is 59.4 Å². The molecule has 0 aliphatic carbocycles. The molecular formula is C20H20FN3O3. The zero-order valence-electron chi connectivity index (χ0n) is 15.2. The SMILES string of the molecule is CC(C)c1cc([C@@H]2CCCN2C(=O)c2cc(-c3ccccc3F)no2)no1. The van der Waals surface area contributed by atoms with E-state index < -0.39 is 5.82 Å². The van der Waals surface area contributed by atoms with Crippen molar-refractivity contribution in [1.82, 2.24) is 15.2 Å². The summed E-state index contributed by atoms with van der Waals surface area (Å²) < 4.78 is 24.5. The molecule has 3 heterocycles. The van der Waals surface area contributed by atoms with Crippen molar-refractivity contribution < 1.29 is 18.2 Å². The Balaban J connectivity index is 1.58. The fourth-order valence-corrected chi connectivity index (χ4v) is 3.36. The number of carbonyl (C=O) groups is 1.